The molecule has 3 aromatic carbocycles. The smallest absolute Gasteiger partial charge is 0.124 e. The molecule has 0 saturated heterocycles. The highest BCUT2D eigenvalue weighted by Crippen LogP contribution is 2.31. The van der Waals surface area contributed by atoms with E-state index in [9.17, 15) is 30.6 Å². The van der Waals surface area contributed by atoms with E-state index in [4.69, 9.17) is 0 Å². The number of phenolic OH excluding ortho intramolecular Hbond substituents is 1. The van der Waals surface area contributed by atoms with Crippen molar-refractivity contribution in [2.75, 3.05) is 0 Å². The molecule has 0 aliphatic rings. The first-order valence-corrected chi connectivity index (χ1v) is 9.23. The maximum absolute atomic E-state index is 10.4. The largest absolute Gasteiger partial charge is 0.508 e. The van der Waals surface area contributed by atoms with E-state index in [0.717, 1.165) is 5.56 Å². The van der Waals surface area contributed by atoms with Crippen LogP contribution in [0.25, 0.3) is 0 Å². The lowest BCUT2D eigenvalue weighted by Crippen LogP contribution is -1.99. The van der Waals surface area contributed by atoms with Crippen molar-refractivity contribution >= 4 is 0 Å². The maximum Gasteiger partial charge on any atom is 0.124 e. The van der Waals surface area contributed by atoms with Crippen LogP contribution in [-0.4, -0.2) is 30.6 Å². The second kappa shape index (κ2) is 8.96. The summed E-state index contributed by atoms with van der Waals surface area (Å²) in [4.78, 5) is 0. The van der Waals surface area contributed by atoms with Gasteiger partial charge in [-0.05, 0) is 46.0 Å². The molecule has 0 radical (unpaired) electrons. The van der Waals surface area contributed by atoms with Crippen LogP contribution in [0.5, 0.6) is 17.2 Å². The second-order valence-electron chi connectivity index (χ2n) is 6.98. The second-order valence-corrected chi connectivity index (χ2v) is 6.98. The van der Waals surface area contributed by atoms with E-state index in [1.165, 1.54) is 6.07 Å². The molecule has 0 amide bonds. The predicted molar refractivity (Wildman–Crippen MR) is 108 cm³/mol. The van der Waals surface area contributed by atoms with Crippen LogP contribution < -0.4 is 0 Å². The molecule has 3 rings (SSSR count). The summed E-state index contributed by atoms with van der Waals surface area (Å²) in [6, 6.07) is 13.4. The first-order chi connectivity index (χ1) is 14.0. The number of aliphatic hydroxyl groups excluding tert-OH is 3. The number of aromatic hydroxyl groups is 3. The van der Waals surface area contributed by atoms with Gasteiger partial charge in [0.1, 0.15) is 17.2 Å². The predicted octanol–water partition coefficient (Wildman–Crippen LogP) is 2.46. The van der Waals surface area contributed by atoms with Gasteiger partial charge in [-0.15, -0.1) is 0 Å². The monoisotopic (exact) mass is 396 g/mol. The van der Waals surface area contributed by atoms with E-state index in [2.05, 4.69) is 0 Å². The summed E-state index contributed by atoms with van der Waals surface area (Å²) in [7, 11) is 0. The van der Waals surface area contributed by atoms with E-state index in [1.54, 1.807) is 42.5 Å². The Bertz CT molecular complexity index is 1010. The molecule has 0 atom stereocenters. The Morgan fingerprint density at radius 3 is 1.83 bits per heavy atom. The van der Waals surface area contributed by atoms with Crippen LogP contribution in [0, 0.1) is 0 Å². The third-order valence-corrected chi connectivity index (χ3v) is 4.97. The molecule has 152 valence electrons. The number of para-hydroxylation sites is 1. The van der Waals surface area contributed by atoms with E-state index in [1.807, 2.05) is 0 Å². The van der Waals surface area contributed by atoms with Gasteiger partial charge in [-0.3, -0.25) is 0 Å². The van der Waals surface area contributed by atoms with Gasteiger partial charge < -0.3 is 30.6 Å². The van der Waals surface area contributed by atoms with Crippen LogP contribution in [0.2, 0.25) is 0 Å². The minimum atomic E-state index is -0.362. The fourth-order valence-electron chi connectivity index (χ4n) is 3.41. The average Bonchev–Trinajstić information content (AvgIpc) is 2.73. The lowest BCUT2D eigenvalue weighted by atomic mass is 9.95. The number of benzene rings is 3. The molecule has 0 spiro atoms. The summed E-state index contributed by atoms with van der Waals surface area (Å²) in [6.07, 6.45) is 0.604. The first-order valence-electron chi connectivity index (χ1n) is 9.23. The van der Waals surface area contributed by atoms with Gasteiger partial charge in [0.15, 0.2) is 0 Å². The van der Waals surface area contributed by atoms with Crippen molar-refractivity contribution in [1.29, 1.82) is 0 Å². The van der Waals surface area contributed by atoms with Crippen LogP contribution in [-0.2, 0) is 32.7 Å². The molecule has 3 aromatic rings. The Labute approximate surface area is 168 Å². The van der Waals surface area contributed by atoms with Crippen molar-refractivity contribution in [1.82, 2.24) is 0 Å². The number of hydrogen-bond acceptors (Lipinski definition) is 6. The van der Waals surface area contributed by atoms with Crippen LogP contribution in [0.4, 0.5) is 0 Å². The third kappa shape index (κ3) is 4.51. The summed E-state index contributed by atoms with van der Waals surface area (Å²) in [5, 5.41) is 59.1. The lowest BCUT2D eigenvalue weighted by molar-refractivity contribution is 0.270. The molecule has 0 unspecified atom stereocenters. The van der Waals surface area contributed by atoms with Crippen molar-refractivity contribution in [2.45, 2.75) is 32.7 Å². The highest BCUT2D eigenvalue weighted by Gasteiger charge is 2.14. The Morgan fingerprint density at radius 1 is 0.517 bits per heavy atom. The fourth-order valence-corrected chi connectivity index (χ4v) is 3.41. The molecule has 0 heterocycles. The molecule has 0 aromatic heterocycles. The molecule has 0 bridgehead atoms. The van der Waals surface area contributed by atoms with Gasteiger partial charge in [0, 0.05) is 24.0 Å². The zero-order chi connectivity index (χ0) is 21.0. The minimum absolute atomic E-state index is 0.0468. The lowest BCUT2D eigenvalue weighted by Gasteiger charge is -2.14. The summed E-state index contributed by atoms with van der Waals surface area (Å²) in [5.41, 5.74) is 3.86. The van der Waals surface area contributed by atoms with Crippen LogP contribution in [0.1, 0.15) is 38.9 Å². The van der Waals surface area contributed by atoms with Crippen LogP contribution in [0.3, 0.4) is 0 Å². The average molecular weight is 396 g/mol. The van der Waals surface area contributed by atoms with Crippen LogP contribution >= 0.6 is 0 Å². The Balaban J connectivity index is 1.93. The molecule has 0 fully saturated rings. The van der Waals surface area contributed by atoms with Crippen LogP contribution in [0.15, 0.2) is 48.5 Å². The maximum atomic E-state index is 10.4. The first kappa shape index (κ1) is 20.7. The molecular weight excluding hydrogens is 372 g/mol. The molecule has 0 saturated carbocycles. The van der Waals surface area contributed by atoms with Gasteiger partial charge >= 0.3 is 0 Å². The summed E-state index contributed by atoms with van der Waals surface area (Å²) < 4.78 is 0. The summed E-state index contributed by atoms with van der Waals surface area (Å²) >= 11 is 0. The number of phenols is 3. The zero-order valence-corrected chi connectivity index (χ0v) is 15.8. The topological polar surface area (TPSA) is 121 Å². The number of rotatable bonds is 7. The molecule has 6 N–H and O–H groups in total. The van der Waals surface area contributed by atoms with E-state index in [0.29, 0.717) is 39.8 Å². The van der Waals surface area contributed by atoms with Crippen molar-refractivity contribution in [2.24, 2.45) is 0 Å². The normalized spacial score (nSPS) is 11.0. The standard InChI is InChI=1S/C23H24O6/c24-11-15-8-19(23(29)20(9-15)13-26)10-18-7-14(4-5-21(18)27)6-16-2-1-3-17(12-25)22(16)28/h1-5,7-9,24-29H,6,10-13H2. The van der Waals surface area contributed by atoms with Crippen molar-refractivity contribution in [3.63, 3.8) is 0 Å². The highest BCUT2D eigenvalue weighted by atomic mass is 16.3. The van der Waals surface area contributed by atoms with Gasteiger partial charge in [0.2, 0.25) is 0 Å². The quantitative estimate of drug-likeness (QED) is 0.365. The Morgan fingerprint density at radius 2 is 1.14 bits per heavy atom. The molecule has 29 heavy (non-hydrogen) atoms. The zero-order valence-electron chi connectivity index (χ0n) is 15.8. The number of hydrogen-bond donors (Lipinski definition) is 6. The van der Waals surface area contributed by atoms with E-state index in [-0.39, 0.29) is 43.5 Å². The van der Waals surface area contributed by atoms with E-state index >= 15 is 0 Å². The van der Waals surface area contributed by atoms with Crippen molar-refractivity contribution in [3.8, 4) is 17.2 Å². The third-order valence-electron chi connectivity index (χ3n) is 4.97. The van der Waals surface area contributed by atoms with Crippen molar-refractivity contribution < 1.29 is 30.6 Å². The molecule has 6 heteroatoms. The summed E-state index contributed by atoms with van der Waals surface area (Å²) in [5.74, 6) is 0.0368. The van der Waals surface area contributed by atoms with Crippen molar-refractivity contribution in [3.05, 3.63) is 87.5 Å². The SMILES string of the molecule is OCc1cc(CO)c(O)c(Cc2cc(Cc3cccc(CO)c3O)ccc2O)c1. The minimum Gasteiger partial charge on any atom is -0.508 e. The van der Waals surface area contributed by atoms with Gasteiger partial charge in [-0.25, -0.2) is 0 Å². The van der Waals surface area contributed by atoms with Gasteiger partial charge in [-0.2, -0.15) is 0 Å². The van der Waals surface area contributed by atoms with Gasteiger partial charge in [0.25, 0.3) is 0 Å². The summed E-state index contributed by atoms with van der Waals surface area (Å²) in [6.45, 7) is -0.847. The molecule has 6 nitrogen and oxygen atoms in total. The van der Waals surface area contributed by atoms with Gasteiger partial charge in [-0.1, -0.05) is 30.3 Å². The number of aliphatic hydroxyl groups is 3. The van der Waals surface area contributed by atoms with Gasteiger partial charge in [0.05, 0.1) is 19.8 Å². The van der Waals surface area contributed by atoms with E-state index < -0.39 is 0 Å². The highest BCUT2D eigenvalue weighted by molar-refractivity contribution is 5.49. The fraction of sp³-hybridized carbons (Fsp3) is 0.217. The molecular formula is C23H24O6. The molecule has 0 aliphatic heterocycles. The Kier molecular flexibility index (Phi) is 6.39. The Hall–Kier alpha value is -3.06. The molecule has 0 aliphatic carbocycles.